The molecule has 4 N–H and O–H groups in total. The van der Waals surface area contributed by atoms with E-state index >= 15 is 0 Å². The van der Waals surface area contributed by atoms with Crippen LogP contribution in [0.4, 0.5) is 11.4 Å². The maximum absolute atomic E-state index is 12.1. The lowest BCUT2D eigenvalue weighted by Crippen LogP contribution is -2.94. The SMILES string of the molecule is Cc1ccc(NC(=O)C[C@H]([NH2+]CCNc2cccc(C)c2)C(=O)[O-])cc1. The minimum atomic E-state index is -1.24. The van der Waals surface area contributed by atoms with Crippen molar-refractivity contribution in [3.05, 3.63) is 59.7 Å². The van der Waals surface area contributed by atoms with Crippen LogP contribution in [0.15, 0.2) is 48.5 Å². The summed E-state index contributed by atoms with van der Waals surface area (Å²) in [5.41, 5.74) is 3.88. The normalized spacial score (nSPS) is 11.6. The van der Waals surface area contributed by atoms with E-state index in [0.29, 0.717) is 18.8 Å². The molecule has 6 heteroatoms. The molecule has 0 saturated carbocycles. The Morgan fingerprint density at radius 2 is 1.77 bits per heavy atom. The zero-order valence-electron chi connectivity index (χ0n) is 15.1. The fraction of sp³-hybridized carbons (Fsp3) is 0.300. The first-order valence-corrected chi connectivity index (χ1v) is 8.65. The molecule has 0 saturated heterocycles. The van der Waals surface area contributed by atoms with Gasteiger partial charge in [0.2, 0.25) is 5.91 Å². The van der Waals surface area contributed by atoms with E-state index in [2.05, 4.69) is 10.6 Å². The number of carboxylic acids is 1. The van der Waals surface area contributed by atoms with Crippen molar-refractivity contribution < 1.29 is 20.0 Å². The van der Waals surface area contributed by atoms with Gasteiger partial charge in [0.15, 0.2) is 0 Å². The van der Waals surface area contributed by atoms with Crippen LogP contribution < -0.4 is 21.1 Å². The molecule has 0 aliphatic heterocycles. The topological polar surface area (TPSA) is 97.9 Å². The quantitative estimate of drug-likeness (QED) is 0.568. The van der Waals surface area contributed by atoms with Crippen molar-refractivity contribution in [2.75, 3.05) is 23.7 Å². The first kappa shape index (κ1) is 19.5. The van der Waals surface area contributed by atoms with Crippen molar-refractivity contribution in [3.8, 4) is 0 Å². The molecule has 0 heterocycles. The number of aryl methyl sites for hydroxylation is 2. The molecule has 0 aliphatic rings. The molecule has 6 nitrogen and oxygen atoms in total. The lowest BCUT2D eigenvalue weighted by Gasteiger charge is -2.17. The Kier molecular flexibility index (Phi) is 7.17. The molecule has 2 rings (SSSR count). The second kappa shape index (κ2) is 9.58. The van der Waals surface area contributed by atoms with E-state index < -0.39 is 12.0 Å². The molecular weight excluding hydrogens is 330 g/mol. The summed E-state index contributed by atoms with van der Waals surface area (Å²) in [5.74, 6) is -1.58. The Hall–Kier alpha value is -2.86. The number of carboxylic acid groups (broad SMARTS) is 1. The number of amides is 1. The van der Waals surface area contributed by atoms with Crippen LogP contribution in [0.2, 0.25) is 0 Å². The molecule has 1 atom stereocenters. The van der Waals surface area contributed by atoms with E-state index in [1.807, 2.05) is 50.2 Å². The van der Waals surface area contributed by atoms with Gasteiger partial charge in [-0.25, -0.2) is 0 Å². The van der Waals surface area contributed by atoms with Crippen molar-refractivity contribution in [2.24, 2.45) is 0 Å². The smallest absolute Gasteiger partial charge is 0.230 e. The van der Waals surface area contributed by atoms with E-state index in [1.54, 1.807) is 17.4 Å². The van der Waals surface area contributed by atoms with Crippen LogP contribution in [0.25, 0.3) is 0 Å². The van der Waals surface area contributed by atoms with Crippen LogP contribution in [-0.4, -0.2) is 31.0 Å². The molecule has 2 aromatic rings. The largest absolute Gasteiger partial charge is 0.544 e. The number of nitrogens with one attached hydrogen (secondary N) is 2. The Balaban J connectivity index is 1.77. The van der Waals surface area contributed by atoms with Gasteiger partial charge in [0.1, 0.15) is 6.04 Å². The van der Waals surface area contributed by atoms with Gasteiger partial charge in [-0.1, -0.05) is 29.8 Å². The lowest BCUT2D eigenvalue weighted by atomic mass is 10.2. The second-order valence-corrected chi connectivity index (χ2v) is 6.36. The summed E-state index contributed by atoms with van der Waals surface area (Å²) in [6, 6.07) is 14.4. The second-order valence-electron chi connectivity index (χ2n) is 6.36. The predicted molar refractivity (Wildman–Crippen MR) is 99.7 cm³/mol. The molecule has 1 amide bonds. The van der Waals surface area contributed by atoms with Gasteiger partial charge in [-0.3, -0.25) is 4.79 Å². The van der Waals surface area contributed by atoms with Crippen LogP contribution in [0, 0.1) is 13.8 Å². The Morgan fingerprint density at radius 3 is 2.42 bits per heavy atom. The van der Waals surface area contributed by atoms with Crippen LogP contribution in [-0.2, 0) is 9.59 Å². The zero-order chi connectivity index (χ0) is 18.9. The molecule has 0 unspecified atom stereocenters. The minimum Gasteiger partial charge on any atom is -0.544 e. The number of carbonyl (C=O) groups is 2. The molecule has 0 aromatic heterocycles. The highest BCUT2D eigenvalue weighted by molar-refractivity contribution is 5.93. The zero-order valence-corrected chi connectivity index (χ0v) is 15.1. The van der Waals surface area contributed by atoms with E-state index in [4.69, 9.17) is 0 Å². The number of hydrogen-bond donors (Lipinski definition) is 3. The molecule has 2 aromatic carbocycles. The van der Waals surface area contributed by atoms with Gasteiger partial charge in [0, 0.05) is 11.4 Å². The summed E-state index contributed by atoms with van der Waals surface area (Å²) in [7, 11) is 0. The number of benzene rings is 2. The monoisotopic (exact) mass is 355 g/mol. The van der Waals surface area contributed by atoms with E-state index in [9.17, 15) is 14.7 Å². The van der Waals surface area contributed by atoms with Gasteiger partial charge in [-0.2, -0.15) is 0 Å². The first-order valence-electron chi connectivity index (χ1n) is 8.65. The van der Waals surface area contributed by atoms with Gasteiger partial charge < -0.3 is 25.9 Å². The van der Waals surface area contributed by atoms with Crippen LogP contribution >= 0.6 is 0 Å². The van der Waals surface area contributed by atoms with Gasteiger partial charge in [0.05, 0.1) is 25.5 Å². The number of nitrogens with two attached hydrogens (primary N) is 1. The Bertz CT molecular complexity index is 744. The molecule has 0 aliphatic carbocycles. The van der Waals surface area contributed by atoms with E-state index in [0.717, 1.165) is 16.8 Å². The van der Waals surface area contributed by atoms with Crippen LogP contribution in [0.3, 0.4) is 0 Å². The molecule has 0 bridgehead atoms. The summed E-state index contributed by atoms with van der Waals surface area (Å²) < 4.78 is 0. The fourth-order valence-corrected chi connectivity index (χ4v) is 2.57. The highest BCUT2D eigenvalue weighted by Crippen LogP contribution is 2.09. The number of hydrogen-bond acceptors (Lipinski definition) is 4. The van der Waals surface area contributed by atoms with Crippen LogP contribution in [0.5, 0.6) is 0 Å². The summed E-state index contributed by atoms with van der Waals surface area (Å²) in [6.45, 7) is 5.07. The van der Waals surface area contributed by atoms with E-state index in [-0.39, 0.29) is 12.3 Å². The van der Waals surface area contributed by atoms with Gasteiger partial charge in [0.25, 0.3) is 0 Å². The van der Waals surface area contributed by atoms with Gasteiger partial charge >= 0.3 is 0 Å². The maximum atomic E-state index is 12.1. The van der Waals surface area contributed by atoms with Crippen molar-refractivity contribution in [3.63, 3.8) is 0 Å². The average molecular weight is 355 g/mol. The molecule has 0 fully saturated rings. The number of carbonyl (C=O) groups excluding carboxylic acids is 2. The highest BCUT2D eigenvalue weighted by atomic mass is 16.4. The summed E-state index contributed by atoms with van der Waals surface area (Å²) >= 11 is 0. The highest BCUT2D eigenvalue weighted by Gasteiger charge is 2.18. The number of aliphatic carboxylic acids is 1. The van der Waals surface area contributed by atoms with Gasteiger partial charge in [-0.15, -0.1) is 0 Å². The summed E-state index contributed by atoms with van der Waals surface area (Å²) in [5, 5.41) is 18.9. The number of quaternary nitrogens is 1. The molecular formula is C20H25N3O3. The number of anilines is 2. The molecule has 0 radical (unpaired) electrons. The van der Waals surface area contributed by atoms with E-state index in [1.165, 1.54) is 0 Å². The Morgan fingerprint density at radius 1 is 1.04 bits per heavy atom. The third-order valence-corrected chi connectivity index (χ3v) is 3.99. The van der Waals surface area contributed by atoms with Crippen molar-refractivity contribution in [1.82, 2.24) is 0 Å². The fourth-order valence-electron chi connectivity index (χ4n) is 2.57. The molecule has 0 spiro atoms. The maximum Gasteiger partial charge on any atom is 0.230 e. The third-order valence-electron chi connectivity index (χ3n) is 3.99. The van der Waals surface area contributed by atoms with Crippen molar-refractivity contribution in [1.29, 1.82) is 0 Å². The lowest BCUT2D eigenvalue weighted by molar-refractivity contribution is -0.680. The Labute approximate surface area is 153 Å². The first-order chi connectivity index (χ1) is 12.4. The number of rotatable bonds is 9. The van der Waals surface area contributed by atoms with Crippen molar-refractivity contribution in [2.45, 2.75) is 26.3 Å². The molecule has 26 heavy (non-hydrogen) atoms. The van der Waals surface area contributed by atoms with Gasteiger partial charge in [-0.05, 0) is 43.7 Å². The predicted octanol–water partition coefficient (Wildman–Crippen LogP) is 0.426. The minimum absolute atomic E-state index is 0.138. The molecule has 138 valence electrons. The van der Waals surface area contributed by atoms with Crippen molar-refractivity contribution >= 4 is 23.3 Å². The van der Waals surface area contributed by atoms with Crippen LogP contribution in [0.1, 0.15) is 17.5 Å². The third kappa shape index (κ3) is 6.57. The average Bonchev–Trinajstić information content (AvgIpc) is 2.59. The summed E-state index contributed by atoms with van der Waals surface area (Å²) in [4.78, 5) is 23.4. The standard InChI is InChI=1S/C20H25N3O3/c1-14-6-8-16(9-7-14)23-19(24)13-18(20(25)26)22-11-10-21-17-5-3-4-15(2)12-17/h3-9,12,18,21-22H,10-11,13H2,1-2H3,(H,23,24)(H,25,26)/t18-/m0/s1. The summed E-state index contributed by atoms with van der Waals surface area (Å²) in [6.07, 6.45) is -0.138.